The fourth-order valence-electron chi connectivity index (χ4n) is 4.49. The van der Waals surface area contributed by atoms with E-state index in [0.717, 1.165) is 23.1 Å². The van der Waals surface area contributed by atoms with Crippen molar-refractivity contribution in [1.82, 2.24) is 25.0 Å². The van der Waals surface area contributed by atoms with Gasteiger partial charge in [-0.15, -0.1) is 0 Å². The van der Waals surface area contributed by atoms with Gasteiger partial charge in [-0.1, -0.05) is 40.5 Å². The van der Waals surface area contributed by atoms with E-state index < -0.39 is 0 Å². The van der Waals surface area contributed by atoms with E-state index in [0.29, 0.717) is 45.5 Å². The van der Waals surface area contributed by atoms with E-state index >= 15 is 0 Å². The largest absolute Gasteiger partial charge is 0.380 e. The molecule has 1 atom stereocenters. The standard InChI is InChI=1S/C24H19Cl2N7O2/c25-16-9-14(33-12-29-18-3-1-2-4-19(18)33)5-6-15(16)24(34)30-13-7-8-32(11-13)23-21-20(17(26)10-28-23)22(27)31-35-21/h1-6,9-10,12-13H,7-8,11H2,(H2,27,31)(H,30,34). The number of aromatic nitrogens is 4. The monoisotopic (exact) mass is 507 g/mol. The molecule has 0 saturated carbocycles. The van der Waals surface area contributed by atoms with Crippen molar-refractivity contribution in [2.75, 3.05) is 23.7 Å². The number of nitrogen functional groups attached to an aromatic ring is 1. The molecule has 3 N–H and O–H groups in total. The molecular formula is C24H19Cl2N7O2. The predicted molar refractivity (Wildman–Crippen MR) is 135 cm³/mol. The van der Waals surface area contributed by atoms with Gasteiger partial charge in [0.05, 0.1) is 32.0 Å². The minimum atomic E-state index is -0.234. The number of hydrogen-bond acceptors (Lipinski definition) is 7. The molecule has 9 nitrogen and oxygen atoms in total. The van der Waals surface area contributed by atoms with Crippen molar-refractivity contribution in [1.29, 1.82) is 0 Å². The van der Waals surface area contributed by atoms with Crippen LogP contribution in [0.3, 0.4) is 0 Å². The van der Waals surface area contributed by atoms with E-state index in [4.69, 9.17) is 33.5 Å². The zero-order valence-corrected chi connectivity index (χ0v) is 19.8. The molecule has 1 aliphatic rings. The normalized spacial score (nSPS) is 15.8. The first kappa shape index (κ1) is 21.7. The van der Waals surface area contributed by atoms with Crippen LogP contribution in [0.4, 0.5) is 11.6 Å². The number of imidazole rings is 1. The minimum Gasteiger partial charge on any atom is -0.380 e. The molecule has 0 bridgehead atoms. The van der Waals surface area contributed by atoms with Gasteiger partial charge >= 0.3 is 0 Å². The molecule has 1 unspecified atom stereocenters. The van der Waals surface area contributed by atoms with Crippen LogP contribution in [-0.4, -0.2) is 44.7 Å². The van der Waals surface area contributed by atoms with E-state index in [9.17, 15) is 4.79 Å². The number of para-hydroxylation sites is 2. The van der Waals surface area contributed by atoms with E-state index in [1.807, 2.05) is 39.8 Å². The molecule has 1 amide bonds. The third-order valence-electron chi connectivity index (χ3n) is 6.21. The van der Waals surface area contributed by atoms with Crippen LogP contribution in [0.1, 0.15) is 16.8 Å². The SMILES string of the molecule is Nc1noc2c(N3CCC(NC(=O)c4ccc(-n5cnc6ccccc65)cc4Cl)C3)ncc(Cl)c12. The fourth-order valence-corrected chi connectivity index (χ4v) is 4.98. The molecule has 0 radical (unpaired) electrons. The lowest BCUT2D eigenvalue weighted by Gasteiger charge is -2.18. The molecule has 1 fully saturated rings. The maximum Gasteiger partial charge on any atom is 0.253 e. The summed E-state index contributed by atoms with van der Waals surface area (Å²) in [6, 6.07) is 13.1. The first-order chi connectivity index (χ1) is 17.0. The Labute approximate surface area is 209 Å². The highest BCUT2D eigenvalue weighted by molar-refractivity contribution is 6.36. The van der Waals surface area contributed by atoms with Gasteiger partial charge in [0, 0.05) is 31.0 Å². The number of halogens is 2. The van der Waals surface area contributed by atoms with Crippen LogP contribution in [0.25, 0.3) is 27.7 Å². The average Bonchev–Trinajstić information content (AvgIpc) is 3.58. The molecular weight excluding hydrogens is 489 g/mol. The Kier molecular flexibility index (Phi) is 5.23. The number of anilines is 2. The third-order valence-corrected chi connectivity index (χ3v) is 6.81. The molecule has 2 aromatic carbocycles. The topological polar surface area (TPSA) is 115 Å². The summed E-state index contributed by atoms with van der Waals surface area (Å²) in [5.74, 6) is 0.585. The smallest absolute Gasteiger partial charge is 0.253 e. The quantitative estimate of drug-likeness (QED) is 0.368. The van der Waals surface area contributed by atoms with Crippen LogP contribution in [0.5, 0.6) is 0 Å². The number of nitrogens with one attached hydrogen (secondary N) is 1. The summed E-state index contributed by atoms with van der Waals surface area (Å²) < 4.78 is 7.31. The summed E-state index contributed by atoms with van der Waals surface area (Å²) >= 11 is 12.7. The van der Waals surface area contributed by atoms with Gasteiger partial charge in [-0.05, 0) is 36.8 Å². The van der Waals surface area contributed by atoms with Crippen molar-refractivity contribution in [3.63, 3.8) is 0 Å². The fraction of sp³-hybridized carbons (Fsp3) is 0.167. The number of amides is 1. The average molecular weight is 508 g/mol. The van der Waals surface area contributed by atoms with E-state index in [-0.39, 0.29) is 17.8 Å². The van der Waals surface area contributed by atoms with Crippen LogP contribution in [0.15, 0.2) is 59.5 Å². The number of nitrogens with zero attached hydrogens (tertiary/aromatic N) is 5. The van der Waals surface area contributed by atoms with Crippen LogP contribution < -0.4 is 16.0 Å². The van der Waals surface area contributed by atoms with Crippen LogP contribution >= 0.6 is 23.2 Å². The van der Waals surface area contributed by atoms with Gasteiger partial charge < -0.3 is 20.5 Å². The zero-order chi connectivity index (χ0) is 24.1. The minimum absolute atomic E-state index is 0.0939. The number of fused-ring (bicyclic) bond motifs is 2. The molecule has 0 spiro atoms. The highest BCUT2D eigenvalue weighted by Gasteiger charge is 2.29. The summed E-state index contributed by atoms with van der Waals surface area (Å²) in [6.07, 6.45) is 4.01. The Hall–Kier alpha value is -3.82. The summed E-state index contributed by atoms with van der Waals surface area (Å²) in [7, 11) is 0. The molecule has 5 aromatic rings. The Bertz CT molecular complexity index is 1600. The molecule has 176 valence electrons. The number of carbonyl (C=O) groups excluding carboxylic acids is 1. The van der Waals surface area contributed by atoms with Gasteiger partial charge in [0.25, 0.3) is 5.91 Å². The molecule has 1 aliphatic heterocycles. The number of nitrogens with two attached hydrogens (primary N) is 1. The van der Waals surface area contributed by atoms with Crippen LogP contribution in [0.2, 0.25) is 10.0 Å². The summed E-state index contributed by atoms with van der Waals surface area (Å²) in [5, 5.41) is 8.18. The number of rotatable bonds is 4. The van der Waals surface area contributed by atoms with Crippen LogP contribution in [0, 0.1) is 0 Å². The highest BCUT2D eigenvalue weighted by atomic mass is 35.5. The molecule has 1 saturated heterocycles. The Morgan fingerprint density at radius 1 is 1.14 bits per heavy atom. The number of carbonyl (C=O) groups is 1. The van der Waals surface area contributed by atoms with Crippen molar-refractivity contribution in [3.05, 3.63) is 70.6 Å². The van der Waals surface area contributed by atoms with Crippen molar-refractivity contribution in [3.8, 4) is 5.69 Å². The summed E-state index contributed by atoms with van der Waals surface area (Å²) in [4.78, 5) is 23.9. The van der Waals surface area contributed by atoms with Gasteiger partial charge in [0.15, 0.2) is 11.6 Å². The molecule has 4 heterocycles. The highest BCUT2D eigenvalue weighted by Crippen LogP contribution is 2.35. The second kappa shape index (κ2) is 8.44. The Balaban J connectivity index is 1.19. The number of benzene rings is 2. The summed E-state index contributed by atoms with van der Waals surface area (Å²) in [5.41, 5.74) is 9.40. The molecule has 3 aromatic heterocycles. The molecule has 0 aliphatic carbocycles. The number of hydrogen-bond donors (Lipinski definition) is 2. The van der Waals surface area contributed by atoms with E-state index in [2.05, 4.69) is 20.4 Å². The maximum atomic E-state index is 13.0. The predicted octanol–water partition coefficient (Wildman–Crippen LogP) is 4.46. The summed E-state index contributed by atoms with van der Waals surface area (Å²) in [6.45, 7) is 1.22. The zero-order valence-electron chi connectivity index (χ0n) is 18.3. The Morgan fingerprint density at radius 2 is 2.00 bits per heavy atom. The molecule has 35 heavy (non-hydrogen) atoms. The van der Waals surface area contributed by atoms with Crippen LogP contribution in [-0.2, 0) is 0 Å². The molecule has 11 heteroatoms. The first-order valence-electron chi connectivity index (χ1n) is 11.0. The lowest BCUT2D eigenvalue weighted by molar-refractivity contribution is 0.0940. The van der Waals surface area contributed by atoms with Crippen molar-refractivity contribution in [2.24, 2.45) is 0 Å². The van der Waals surface area contributed by atoms with Crippen molar-refractivity contribution in [2.45, 2.75) is 12.5 Å². The lowest BCUT2D eigenvalue weighted by Crippen LogP contribution is -2.37. The maximum absolute atomic E-state index is 13.0. The molecule has 6 rings (SSSR count). The van der Waals surface area contributed by atoms with Crippen molar-refractivity contribution < 1.29 is 9.32 Å². The third kappa shape index (κ3) is 3.73. The van der Waals surface area contributed by atoms with Crippen molar-refractivity contribution >= 4 is 62.7 Å². The lowest BCUT2D eigenvalue weighted by atomic mass is 10.1. The Morgan fingerprint density at radius 3 is 2.86 bits per heavy atom. The second-order valence-corrected chi connectivity index (χ2v) is 9.19. The second-order valence-electron chi connectivity index (χ2n) is 8.37. The van der Waals surface area contributed by atoms with Gasteiger partial charge in [0.2, 0.25) is 5.58 Å². The van der Waals surface area contributed by atoms with E-state index in [1.165, 1.54) is 6.20 Å². The van der Waals surface area contributed by atoms with Gasteiger partial charge in [0.1, 0.15) is 6.33 Å². The first-order valence-corrected chi connectivity index (χ1v) is 11.7. The van der Waals surface area contributed by atoms with E-state index in [1.54, 1.807) is 18.5 Å². The number of pyridine rings is 1. The van der Waals surface area contributed by atoms with Gasteiger partial charge in [-0.3, -0.25) is 9.36 Å². The van der Waals surface area contributed by atoms with Gasteiger partial charge in [-0.25, -0.2) is 9.97 Å². The van der Waals surface area contributed by atoms with Gasteiger partial charge in [-0.2, -0.15) is 0 Å².